The van der Waals surface area contributed by atoms with Crippen LogP contribution in [0, 0.1) is 0 Å². The van der Waals surface area contributed by atoms with Gasteiger partial charge in [0.15, 0.2) is 5.96 Å². The van der Waals surface area contributed by atoms with E-state index in [0.29, 0.717) is 12.2 Å². The molecular weight excluding hydrogens is 474 g/mol. The van der Waals surface area contributed by atoms with Crippen molar-refractivity contribution >= 4 is 47.4 Å². The average molecular weight is 508 g/mol. The van der Waals surface area contributed by atoms with E-state index in [2.05, 4.69) is 20.9 Å². The maximum Gasteiger partial charge on any atom is 0.326 e. The summed E-state index contributed by atoms with van der Waals surface area (Å²) in [5.41, 5.74) is 16.2. The number of carboxylic acids is 2. The molecule has 0 fully saturated rings. The Kier molecular flexibility index (Phi) is 15.0. The zero-order chi connectivity index (χ0) is 26.3. The van der Waals surface area contributed by atoms with Crippen LogP contribution in [0.4, 0.5) is 0 Å². The number of aliphatic imine (C=N–C) groups is 1. The van der Waals surface area contributed by atoms with Gasteiger partial charge in [-0.3, -0.25) is 24.2 Å². The van der Waals surface area contributed by atoms with Gasteiger partial charge in [-0.05, 0) is 31.3 Å². The molecule has 0 radical (unpaired) electrons. The predicted octanol–water partition coefficient (Wildman–Crippen LogP) is -3.87. The number of carbonyl (C=O) groups is 5. The van der Waals surface area contributed by atoms with Gasteiger partial charge in [-0.2, -0.15) is 11.8 Å². The van der Waals surface area contributed by atoms with Crippen molar-refractivity contribution in [1.29, 1.82) is 0 Å². The molecule has 0 aromatic heterocycles. The van der Waals surface area contributed by atoms with Gasteiger partial charge in [0.1, 0.15) is 18.1 Å². The van der Waals surface area contributed by atoms with E-state index < -0.39 is 66.9 Å². The summed E-state index contributed by atoms with van der Waals surface area (Å²) in [4.78, 5) is 63.3. The van der Waals surface area contributed by atoms with Gasteiger partial charge in [-0.15, -0.1) is 0 Å². The number of rotatable bonds is 17. The number of guanidine groups is 1. The van der Waals surface area contributed by atoms with Gasteiger partial charge in [0.05, 0.1) is 19.1 Å². The minimum Gasteiger partial charge on any atom is -0.481 e. The Morgan fingerprint density at radius 2 is 1.47 bits per heavy atom. The van der Waals surface area contributed by atoms with Crippen LogP contribution in [-0.4, -0.2) is 100 Å². The van der Waals surface area contributed by atoms with Crippen LogP contribution in [-0.2, 0) is 24.0 Å². The molecule has 0 saturated carbocycles. The molecule has 0 aliphatic rings. The first-order valence-electron chi connectivity index (χ1n) is 10.2. The van der Waals surface area contributed by atoms with E-state index in [0.717, 1.165) is 0 Å². The van der Waals surface area contributed by atoms with Crippen molar-refractivity contribution in [3.63, 3.8) is 0 Å². The van der Waals surface area contributed by atoms with Crippen molar-refractivity contribution in [2.75, 3.05) is 25.2 Å². The maximum absolute atomic E-state index is 12.6. The van der Waals surface area contributed by atoms with Crippen LogP contribution < -0.4 is 33.2 Å². The second kappa shape index (κ2) is 16.5. The Balaban J connectivity index is 5.38. The molecule has 34 heavy (non-hydrogen) atoms. The lowest BCUT2D eigenvalue weighted by atomic mass is 10.1. The number of thioether (sulfide) groups is 1. The van der Waals surface area contributed by atoms with Gasteiger partial charge in [0.25, 0.3) is 0 Å². The lowest BCUT2D eigenvalue weighted by molar-refractivity contribution is -0.147. The van der Waals surface area contributed by atoms with Crippen molar-refractivity contribution in [2.45, 2.75) is 49.9 Å². The van der Waals surface area contributed by atoms with Crippen molar-refractivity contribution in [3.05, 3.63) is 0 Å². The fraction of sp³-hybridized carbons (Fsp3) is 0.667. The average Bonchev–Trinajstić information content (AvgIpc) is 2.76. The highest BCUT2D eigenvalue weighted by atomic mass is 32.2. The van der Waals surface area contributed by atoms with E-state index in [4.69, 9.17) is 27.4 Å². The van der Waals surface area contributed by atoms with E-state index in [1.54, 1.807) is 0 Å². The van der Waals surface area contributed by atoms with E-state index in [-0.39, 0.29) is 25.3 Å². The number of amides is 3. The molecule has 0 bridgehead atoms. The van der Waals surface area contributed by atoms with Gasteiger partial charge in [-0.1, -0.05) is 0 Å². The Hall–Kier alpha value is -3.11. The van der Waals surface area contributed by atoms with Crippen molar-refractivity contribution in [1.82, 2.24) is 16.0 Å². The molecule has 3 amide bonds. The highest BCUT2D eigenvalue weighted by Gasteiger charge is 2.30. The van der Waals surface area contributed by atoms with Crippen molar-refractivity contribution < 1.29 is 39.3 Å². The number of hydrogen-bond donors (Lipinski definition) is 9. The molecule has 16 heteroatoms. The van der Waals surface area contributed by atoms with E-state index >= 15 is 0 Å². The molecule has 15 nitrogen and oxygen atoms in total. The van der Waals surface area contributed by atoms with Gasteiger partial charge in [0.2, 0.25) is 17.7 Å². The molecule has 0 aromatic carbocycles. The first-order valence-corrected chi connectivity index (χ1v) is 11.6. The number of hydrogen-bond acceptors (Lipinski definition) is 9. The zero-order valence-corrected chi connectivity index (χ0v) is 19.5. The zero-order valence-electron chi connectivity index (χ0n) is 18.7. The standard InChI is InChI=1S/C18H33N7O8S/c1-34-6-4-9(19)14(29)25-12(8-26)16(31)23-10(3-2-5-22-18(20)21)15(30)24-11(17(32)33)7-13(27)28/h9-12,26H,2-8,19H2,1H3,(H,23,31)(H,24,30)(H,25,29)(H,27,28)(H,32,33)(H4,20,21,22). The van der Waals surface area contributed by atoms with Crippen molar-refractivity contribution in [3.8, 4) is 0 Å². The number of aliphatic hydroxyl groups is 1. The van der Waals surface area contributed by atoms with E-state index in [1.807, 2.05) is 6.26 Å². The van der Waals surface area contributed by atoms with Crippen LogP contribution >= 0.6 is 11.8 Å². The SMILES string of the molecule is CSCCC(N)C(=O)NC(CO)C(=O)NC(CCCN=C(N)N)C(=O)NC(CC(=O)O)C(=O)O. The molecule has 194 valence electrons. The lowest BCUT2D eigenvalue weighted by Gasteiger charge is -2.24. The number of nitrogens with zero attached hydrogens (tertiary/aromatic N) is 1. The van der Waals surface area contributed by atoms with Gasteiger partial charge in [0, 0.05) is 6.54 Å². The largest absolute Gasteiger partial charge is 0.481 e. The summed E-state index contributed by atoms with van der Waals surface area (Å²) in [7, 11) is 0. The summed E-state index contributed by atoms with van der Waals surface area (Å²) in [5, 5.41) is 34.2. The molecular formula is C18H33N7O8S. The number of nitrogens with one attached hydrogen (secondary N) is 3. The first kappa shape index (κ1) is 30.9. The third-order valence-electron chi connectivity index (χ3n) is 4.36. The molecule has 0 spiro atoms. The number of carbonyl (C=O) groups excluding carboxylic acids is 3. The molecule has 0 saturated heterocycles. The minimum atomic E-state index is -1.75. The number of aliphatic hydroxyl groups excluding tert-OH is 1. The number of nitrogens with two attached hydrogens (primary N) is 3. The number of aliphatic carboxylic acids is 2. The highest BCUT2D eigenvalue weighted by Crippen LogP contribution is 2.03. The Bertz CT molecular complexity index is 748. The minimum absolute atomic E-state index is 0.0624. The predicted molar refractivity (Wildman–Crippen MR) is 124 cm³/mol. The van der Waals surface area contributed by atoms with E-state index in [9.17, 15) is 29.1 Å². The highest BCUT2D eigenvalue weighted by molar-refractivity contribution is 7.98. The maximum atomic E-state index is 12.6. The molecule has 0 heterocycles. The Morgan fingerprint density at radius 1 is 0.912 bits per heavy atom. The molecule has 0 aliphatic heterocycles. The van der Waals surface area contributed by atoms with Crippen LogP contribution in [0.1, 0.15) is 25.7 Å². The van der Waals surface area contributed by atoms with Crippen molar-refractivity contribution in [2.24, 2.45) is 22.2 Å². The summed E-state index contributed by atoms with van der Waals surface area (Å²) in [5.74, 6) is -5.22. The normalized spacial score (nSPS) is 14.1. The van der Waals surface area contributed by atoms with Gasteiger partial charge in [-0.25, -0.2) is 4.79 Å². The van der Waals surface area contributed by atoms with Crippen LogP contribution in [0.25, 0.3) is 0 Å². The van der Waals surface area contributed by atoms with Gasteiger partial charge >= 0.3 is 11.9 Å². The Morgan fingerprint density at radius 3 is 1.97 bits per heavy atom. The quantitative estimate of drug-likeness (QED) is 0.0519. The second-order valence-corrected chi connectivity index (χ2v) is 8.12. The summed E-state index contributed by atoms with van der Waals surface area (Å²) < 4.78 is 0. The number of carboxylic acid groups (broad SMARTS) is 2. The van der Waals surface area contributed by atoms with E-state index in [1.165, 1.54) is 11.8 Å². The lowest BCUT2D eigenvalue weighted by Crippen LogP contribution is -2.58. The third-order valence-corrected chi connectivity index (χ3v) is 5.00. The van der Waals surface area contributed by atoms with Crippen LogP contribution in [0.2, 0.25) is 0 Å². The topological polar surface area (TPSA) is 273 Å². The molecule has 4 unspecified atom stereocenters. The molecule has 0 aliphatic carbocycles. The van der Waals surface area contributed by atoms with Crippen LogP contribution in [0.3, 0.4) is 0 Å². The molecule has 0 aromatic rings. The summed E-state index contributed by atoms with van der Waals surface area (Å²) >= 11 is 1.47. The summed E-state index contributed by atoms with van der Waals surface area (Å²) in [6, 6.07) is -5.44. The Labute approximate surface area is 200 Å². The summed E-state index contributed by atoms with van der Waals surface area (Å²) in [6.07, 6.45) is 1.40. The molecule has 0 rings (SSSR count). The van der Waals surface area contributed by atoms with Gasteiger partial charge < -0.3 is 48.5 Å². The second-order valence-electron chi connectivity index (χ2n) is 7.14. The first-order chi connectivity index (χ1) is 15.9. The monoisotopic (exact) mass is 507 g/mol. The fourth-order valence-corrected chi connectivity index (χ4v) is 3.03. The molecule has 4 atom stereocenters. The van der Waals surface area contributed by atoms with Crippen LogP contribution in [0.15, 0.2) is 4.99 Å². The smallest absolute Gasteiger partial charge is 0.326 e. The fourth-order valence-electron chi connectivity index (χ4n) is 2.54. The third kappa shape index (κ3) is 12.8. The van der Waals surface area contributed by atoms with Crippen LogP contribution in [0.5, 0.6) is 0 Å². The molecule has 12 N–H and O–H groups in total. The summed E-state index contributed by atoms with van der Waals surface area (Å²) in [6.45, 7) is -0.712.